The van der Waals surface area contributed by atoms with Gasteiger partial charge in [-0.1, -0.05) is 19.1 Å². The van der Waals surface area contributed by atoms with E-state index in [1.165, 1.54) is 0 Å². The lowest BCUT2D eigenvalue weighted by atomic mass is 10.2. The van der Waals surface area contributed by atoms with Crippen LogP contribution in [0.3, 0.4) is 0 Å². The normalized spacial score (nSPS) is 12.2. The lowest BCUT2D eigenvalue weighted by molar-refractivity contribution is 0.289. The molecular weight excluding hydrogens is 246 g/mol. The summed E-state index contributed by atoms with van der Waals surface area (Å²) < 4.78 is 11.2. The van der Waals surface area contributed by atoms with Crippen molar-refractivity contribution in [3.05, 3.63) is 24.3 Å². The van der Waals surface area contributed by atoms with Crippen molar-refractivity contribution in [2.24, 2.45) is 11.7 Å². The van der Waals surface area contributed by atoms with Gasteiger partial charge in [-0.25, -0.2) is 0 Å². The molecule has 1 rings (SSSR count). The molecule has 3 nitrogen and oxygen atoms in total. The predicted molar refractivity (Wildman–Crippen MR) is 78.6 cm³/mol. The molecule has 0 fully saturated rings. The summed E-state index contributed by atoms with van der Waals surface area (Å²) in [5.41, 5.74) is 5.57. The molecule has 0 aliphatic heterocycles. The van der Waals surface area contributed by atoms with E-state index < -0.39 is 0 Å². The van der Waals surface area contributed by atoms with Crippen LogP contribution in [0.4, 0.5) is 0 Å². The van der Waals surface area contributed by atoms with Crippen LogP contribution in [0.2, 0.25) is 0 Å². The Morgan fingerprint density at radius 3 is 2.50 bits per heavy atom. The zero-order valence-electron chi connectivity index (χ0n) is 11.2. The number of rotatable bonds is 9. The predicted octanol–water partition coefficient (Wildman–Crippen LogP) is 2.79. The second-order valence-corrected chi connectivity index (χ2v) is 5.29. The van der Waals surface area contributed by atoms with Crippen LogP contribution < -0.4 is 15.2 Å². The molecule has 1 atom stereocenters. The maximum Gasteiger partial charge on any atom is 0.161 e. The fraction of sp³-hybridized carbons (Fsp3) is 0.571. The van der Waals surface area contributed by atoms with Crippen LogP contribution in [0.5, 0.6) is 11.5 Å². The Morgan fingerprint density at radius 1 is 1.22 bits per heavy atom. The highest BCUT2D eigenvalue weighted by molar-refractivity contribution is 7.99. The minimum Gasteiger partial charge on any atom is -0.490 e. The van der Waals surface area contributed by atoms with Gasteiger partial charge in [0.2, 0.25) is 0 Å². The third kappa shape index (κ3) is 5.65. The Balaban J connectivity index is 2.26. The van der Waals surface area contributed by atoms with Gasteiger partial charge in [-0.15, -0.1) is 0 Å². The fourth-order valence-electron chi connectivity index (χ4n) is 1.41. The van der Waals surface area contributed by atoms with Gasteiger partial charge in [0.15, 0.2) is 11.5 Å². The quantitative estimate of drug-likeness (QED) is 0.700. The molecule has 0 saturated heterocycles. The molecule has 0 amide bonds. The maximum atomic E-state index is 5.73. The van der Waals surface area contributed by atoms with E-state index >= 15 is 0 Å². The van der Waals surface area contributed by atoms with Crippen molar-refractivity contribution in [3.63, 3.8) is 0 Å². The Kier molecular flexibility index (Phi) is 7.69. The standard InChI is InChI=1S/C14H23NO2S/c1-3-16-13-6-4-5-7-14(13)17-8-9-18-11-12(2)10-15/h4-7,12H,3,8-11,15H2,1-2H3. The fourth-order valence-corrected chi connectivity index (χ4v) is 2.31. The van der Waals surface area contributed by atoms with Gasteiger partial charge in [0.25, 0.3) is 0 Å². The average Bonchev–Trinajstić information content (AvgIpc) is 2.40. The van der Waals surface area contributed by atoms with E-state index in [1.54, 1.807) is 0 Å². The molecule has 1 aromatic rings. The van der Waals surface area contributed by atoms with Gasteiger partial charge >= 0.3 is 0 Å². The van der Waals surface area contributed by atoms with E-state index in [1.807, 2.05) is 43.0 Å². The van der Waals surface area contributed by atoms with Gasteiger partial charge in [0.05, 0.1) is 13.2 Å². The van der Waals surface area contributed by atoms with Crippen LogP contribution in [0, 0.1) is 5.92 Å². The zero-order chi connectivity index (χ0) is 13.2. The highest BCUT2D eigenvalue weighted by atomic mass is 32.2. The number of nitrogens with two attached hydrogens (primary N) is 1. The third-order valence-electron chi connectivity index (χ3n) is 2.44. The van der Waals surface area contributed by atoms with Crippen LogP contribution >= 0.6 is 11.8 Å². The Bertz CT molecular complexity index is 333. The molecule has 0 heterocycles. The van der Waals surface area contributed by atoms with Crippen molar-refractivity contribution in [3.8, 4) is 11.5 Å². The van der Waals surface area contributed by atoms with Crippen molar-refractivity contribution < 1.29 is 9.47 Å². The van der Waals surface area contributed by atoms with Crippen molar-refractivity contribution in [1.82, 2.24) is 0 Å². The summed E-state index contributed by atoms with van der Waals surface area (Å²) in [7, 11) is 0. The van der Waals surface area contributed by atoms with E-state index in [4.69, 9.17) is 15.2 Å². The molecule has 0 radical (unpaired) electrons. The van der Waals surface area contributed by atoms with Gasteiger partial charge in [0.1, 0.15) is 0 Å². The van der Waals surface area contributed by atoms with Crippen LogP contribution in [-0.4, -0.2) is 31.3 Å². The van der Waals surface area contributed by atoms with Gasteiger partial charge in [0, 0.05) is 5.75 Å². The minimum absolute atomic E-state index is 0.575. The average molecular weight is 269 g/mol. The van der Waals surface area contributed by atoms with Crippen LogP contribution in [0.15, 0.2) is 24.3 Å². The van der Waals surface area contributed by atoms with E-state index in [-0.39, 0.29) is 0 Å². The van der Waals surface area contributed by atoms with Gasteiger partial charge in [-0.2, -0.15) is 11.8 Å². The van der Waals surface area contributed by atoms with Crippen LogP contribution in [0.1, 0.15) is 13.8 Å². The first kappa shape index (κ1) is 15.2. The molecule has 0 bridgehead atoms. The molecule has 0 spiro atoms. The number of para-hydroxylation sites is 2. The summed E-state index contributed by atoms with van der Waals surface area (Å²) in [5.74, 6) is 4.29. The molecule has 0 aliphatic carbocycles. The largest absolute Gasteiger partial charge is 0.490 e. The molecular formula is C14H23NO2S. The molecule has 1 unspecified atom stereocenters. The molecule has 2 N–H and O–H groups in total. The Morgan fingerprint density at radius 2 is 1.89 bits per heavy atom. The molecule has 0 aromatic heterocycles. The van der Waals surface area contributed by atoms with E-state index in [0.717, 1.165) is 29.5 Å². The number of hydrogen-bond acceptors (Lipinski definition) is 4. The molecule has 4 heteroatoms. The molecule has 0 aliphatic rings. The summed E-state index contributed by atoms with van der Waals surface area (Å²) >= 11 is 1.88. The van der Waals surface area contributed by atoms with E-state index in [2.05, 4.69) is 6.92 Å². The SMILES string of the molecule is CCOc1ccccc1OCCSCC(C)CN. The van der Waals surface area contributed by atoms with E-state index in [0.29, 0.717) is 19.1 Å². The van der Waals surface area contributed by atoms with Gasteiger partial charge in [-0.3, -0.25) is 0 Å². The summed E-state index contributed by atoms with van der Waals surface area (Å²) in [6.07, 6.45) is 0. The number of benzene rings is 1. The van der Waals surface area contributed by atoms with Gasteiger partial charge in [-0.05, 0) is 37.3 Å². The number of hydrogen-bond donors (Lipinski definition) is 1. The highest BCUT2D eigenvalue weighted by Gasteiger charge is 2.03. The smallest absolute Gasteiger partial charge is 0.161 e. The Labute approximate surface area is 114 Å². The van der Waals surface area contributed by atoms with Crippen LogP contribution in [0.25, 0.3) is 0 Å². The summed E-state index contributed by atoms with van der Waals surface area (Å²) in [6, 6.07) is 7.79. The van der Waals surface area contributed by atoms with Crippen molar-refractivity contribution in [2.45, 2.75) is 13.8 Å². The van der Waals surface area contributed by atoms with Crippen molar-refractivity contribution in [2.75, 3.05) is 31.3 Å². The maximum absolute atomic E-state index is 5.73. The summed E-state index contributed by atoms with van der Waals surface area (Å²) in [5, 5.41) is 0. The molecule has 102 valence electrons. The minimum atomic E-state index is 0.575. The summed E-state index contributed by atoms with van der Waals surface area (Å²) in [4.78, 5) is 0. The van der Waals surface area contributed by atoms with E-state index in [9.17, 15) is 0 Å². The number of thioether (sulfide) groups is 1. The Hall–Kier alpha value is -0.870. The first-order chi connectivity index (χ1) is 8.77. The lowest BCUT2D eigenvalue weighted by Gasteiger charge is -2.12. The molecule has 1 aromatic carbocycles. The monoisotopic (exact) mass is 269 g/mol. The third-order valence-corrected chi connectivity index (χ3v) is 3.70. The lowest BCUT2D eigenvalue weighted by Crippen LogP contribution is -2.13. The first-order valence-electron chi connectivity index (χ1n) is 6.40. The van der Waals surface area contributed by atoms with Crippen molar-refractivity contribution in [1.29, 1.82) is 0 Å². The zero-order valence-corrected chi connectivity index (χ0v) is 12.0. The highest BCUT2D eigenvalue weighted by Crippen LogP contribution is 2.26. The second kappa shape index (κ2) is 9.11. The molecule has 0 saturated carbocycles. The van der Waals surface area contributed by atoms with Gasteiger partial charge < -0.3 is 15.2 Å². The summed E-state index contributed by atoms with van der Waals surface area (Å²) in [6.45, 7) is 6.25. The topological polar surface area (TPSA) is 44.5 Å². The first-order valence-corrected chi connectivity index (χ1v) is 7.55. The van der Waals surface area contributed by atoms with Crippen LogP contribution in [-0.2, 0) is 0 Å². The second-order valence-electron chi connectivity index (χ2n) is 4.14. The molecule has 18 heavy (non-hydrogen) atoms. The number of ether oxygens (including phenoxy) is 2. The van der Waals surface area contributed by atoms with Crippen molar-refractivity contribution >= 4 is 11.8 Å².